The van der Waals surface area contributed by atoms with Gasteiger partial charge in [-0.3, -0.25) is 4.79 Å². The van der Waals surface area contributed by atoms with Crippen LogP contribution in [-0.4, -0.2) is 29.2 Å². The Hall–Kier alpha value is -3.54. The third kappa shape index (κ3) is 4.79. The van der Waals surface area contributed by atoms with Crippen LogP contribution in [0.3, 0.4) is 0 Å². The molecule has 0 N–H and O–H groups in total. The first kappa shape index (κ1) is 20.7. The lowest BCUT2D eigenvalue weighted by Crippen LogP contribution is -2.37. The maximum Gasteiger partial charge on any atom is 0.257 e. The molecule has 0 fully saturated rings. The molecule has 0 saturated heterocycles. The van der Waals surface area contributed by atoms with Gasteiger partial charge in [0.2, 0.25) is 0 Å². The van der Waals surface area contributed by atoms with E-state index in [1.807, 2.05) is 31.2 Å². The van der Waals surface area contributed by atoms with Gasteiger partial charge in [-0.15, -0.1) is 0 Å². The Balaban J connectivity index is 1.54. The molecule has 4 nitrogen and oxygen atoms in total. The van der Waals surface area contributed by atoms with Crippen molar-refractivity contribution in [3.8, 4) is 0 Å². The van der Waals surface area contributed by atoms with Crippen molar-refractivity contribution >= 4 is 11.6 Å². The van der Waals surface area contributed by atoms with Crippen LogP contribution in [0.15, 0.2) is 78.0 Å². The summed E-state index contributed by atoms with van der Waals surface area (Å²) in [6.07, 6.45) is 0.147. The normalized spacial score (nSPS) is 15.3. The number of carbonyl (C=O) groups excluding carboxylic acids is 1. The summed E-state index contributed by atoms with van der Waals surface area (Å²) in [6.45, 7) is 2.33. The van der Waals surface area contributed by atoms with Crippen LogP contribution in [0.1, 0.15) is 33.5 Å². The van der Waals surface area contributed by atoms with Crippen molar-refractivity contribution in [3.05, 3.63) is 107 Å². The highest BCUT2D eigenvalue weighted by molar-refractivity contribution is 6.02. The Morgan fingerprint density at radius 3 is 2.61 bits per heavy atom. The third-order valence-electron chi connectivity index (χ3n) is 5.27. The zero-order valence-corrected chi connectivity index (χ0v) is 17.1. The average Bonchev–Trinajstić information content (AvgIpc) is 3.22. The van der Waals surface area contributed by atoms with Crippen LogP contribution in [0.5, 0.6) is 0 Å². The number of halogens is 2. The minimum Gasteiger partial charge on any atom is -0.390 e. The van der Waals surface area contributed by atoms with E-state index in [1.165, 1.54) is 35.2 Å². The predicted molar refractivity (Wildman–Crippen MR) is 115 cm³/mol. The van der Waals surface area contributed by atoms with Gasteiger partial charge in [0.15, 0.2) is 6.10 Å². The van der Waals surface area contributed by atoms with E-state index in [2.05, 4.69) is 5.16 Å². The molecule has 3 aromatic carbocycles. The van der Waals surface area contributed by atoms with Crippen molar-refractivity contribution in [1.82, 2.24) is 4.90 Å². The van der Waals surface area contributed by atoms with Crippen LogP contribution >= 0.6 is 0 Å². The van der Waals surface area contributed by atoms with Crippen LogP contribution in [0.4, 0.5) is 8.78 Å². The van der Waals surface area contributed by atoms with E-state index >= 15 is 0 Å². The molecular weight excluding hydrogens is 398 g/mol. The lowest BCUT2D eigenvalue weighted by atomic mass is 10.00. The van der Waals surface area contributed by atoms with Gasteiger partial charge in [0.1, 0.15) is 11.6 Å². The highest BCUT2D eigenvalue weighted by Gasteiger charge is 2.28. The number of benzene rings is 3. The second-order valence-electron chi connectivity index (χ2n) is 7.58. The Labute approximate surface area is 179 Å². The molecule has 31 heavy (non-hydrogen) atoms. The topological polar surface area (TPSA) is 41.9 Å². The second kappa shape index (κ2) is 9.08. The lowest BCUT2D eigenvalue weighted by Gasteiger charge is -2.25. The van der Waals surface area contributed by atoms with E-state index in [9.17, 15) is 13.6 Å². The summed E-state index contributed by atoms with van der Waals surface area (Å²) in [5.41, 5.74) is 3.48. The standard InChI is InChI=1S/C25H22F2N2O2/c1-17-7-2-3-10-21(17)24-14-20(31-28-24)16-29(15-18-8-6-9-19(26)13-18)25(30)22-11-4-5-12-23(22)27/h2-13,20H,14-16H2,1H3. The quantitative estimate of drug-likeness (QED) is 0.556. The van der Waals surface area contributed by atoms with E-state index in [0.717, 1.165) is 16.8 Å². The first-order chi connectivity index (χ1) is 15.0. The second-order valence-corrected chi connectivity index (χ2v) is 7.58. The molecule has 4 rings (SSSR count). The fraction of sp³-hybridized carbons (Fsp3) is 0.200. The Morgan fingerprint density at radius 2 is 1.84 bits per heavy atom. The molecule has 6 heteroatoms. The number of hydrogen-bond acceptors (Lipinski definition) is 3. The van der Waals surface area contributed by atoms with Gasteiger partial charge in [0.25, 0.3) is 5.91 Å². The number of rotatable bonds is 6. The minimum absolute atomic E-state index is 0.0306. The molecule has 1 aliphatic heterocycles. The third-order valence-corrected chi connectivity index (χ3v) is 5.27. The van der Waals surface area contributed by atoms with E-state index in [0.29, 0.717) is 12.0 Å². The summed E-state index contributed by atoms with van der Waals surface area (Å²) in [5.74, 6) is -1.46. The van der Waals surface area contributed by atoms with E-state index in [4.69, 9.17) is 4.84 Å². The first-order valence-corrected chi connectivity index (χ1v) is 10.1. The molecule has 0 saturated carbocycles. The molecular formula is C25H22F2N2O2. The minimum atomic E-state index is -0.596. The monoisotopic (exact) mass is 420 g/mol. The fourth-order valence-electron chi connectivity index (χ4n) is 3.71. The van der Waals surface area contributed by atoms with Gasteiger partial charge in [-0.2, -0.15) is 0 Å². The Kier molecular flexibility index (Phi) is 6.07. The molecule has 1 atom stereocenters. The van der Waals surface area contributed by atoms with Gasteiger partial charge >= 0.3 is 0 Å². The van der Waals surface area contributed by atoms with Crippen LogP contribution < -0.4 is 0 Å². The van der Waals surface area contributed by atoms with Crippen molar-refractivity contribution in [1.29, 1.82) is 0 Å². The van der Waals surface area contributed by atoms with Crippen molar-refractivity contribution < 1.29 is 18.4 Å². The molecule has 1 aliphatic rings. The zero-order valence-electron chi connectivity index (χ0n) is 17.1. The zero-order chi connectivity index (χ0) is 21.8. The largest absolute Gasteiger partial charge is 0.390 e. The van der Waals surface area contributed by atoms with Gasteiger partial charge in [-0.05, 0) is 42.3 Å². The van der Waals surface area contributed by atoms with Gasteiger partial charge in [-0.25, -0.2) is 8.78 Å². The van der Waals surface area contributed by atoms with Crippen LogP contribution in [-0.2, 0) is 11.4 Å². The molecule has 0 spiro atoms. The van der Waals surface area contributed by atoms with Gasteiger partial charge < -0.3 is 9.74 Å². The van der Waals surface area contributed by atoms with Crippen LogP contribution in [0, 0.1) is 18.6 Å². The maximum absolute atomic E-state index is 14.3. The van der Waals surface area contributed by atoms with E-state index in [1.54, 1.807) is 18.2 Å². The van der Waals surface area contributed by atoms with E-state index in [-0.39, 0.29) is 24.8 Å². The van der Waals surface area contributed by atoms with Crippen LogP contribution in [0.2, 0.25) is 0 Å². The fourth-order valence-corrected chi connectivity index (χ4v) is 3.71. The Bertz CT molecular complexity index is 1130. The highest BCUT2D eigenvalue weighted by atomic mass is 19.1. The first-order valence-electron chi connectivity index (χ1n) is 10.1. The molecule has 0 aliphatic carbocycles. The average molecular weight is 420 g/mol. The van der Waals surface area contributed by atoms with Gasteiger partial charge in [0.05, 0.1) is 17.8 Å². The molecule has 1 unspecified atom stereocenters. The molecule has 3 aromatic rings. The maximum atomic E-state index is 14.3. The smallest absolute Gasteiger partial charge is 0.257 e. The van der Waals surface area contributed by atoms with Crippen molar-refractivity contribution in [2.24, 2.45) is 5.16 Å². The molecule has 1 amide bonds. The SMILES string of the molecule is Cc1ccccc1C1=NOC(CN(Cc2cccc(F)c2)C(=O)c2ccccc2F)C1. The summed E-state index contributed by atoms with van der Waals surface area (Å²) in [5, 5.41) is 4.22. The molecule has 158 valence electrons. The Morgan fingerprint density at radius 1 is 1.06 bits per heavy atom. The summed E-state index contributed by atoms with van der Waals surface area (Å²) < 4.78 is 28.0. The van der Waals surface area contributed by atoms with Crippen molar-refractivity contribution in [2.75, 3.05) is 6.54 Å². The summed E-state index contributed by atoms with van der Waals surface area (Å²) >= 11 is 0. The van der Waals surface area contributed by atoms with Crippen molar-refractivity contribution in [2.45, 2.75) is 26.0 Å². The van der Waals surface area contributed by atoms with Crippen LogP contribution in [0.25, 0.3) is 0 Å². The van der Waals surface area contributed by atoms with Gasteiger partial charge in [0, 0.05) is 18.5 Å². The summed E-state index contributed by atoms with van der Waals surface area (Å²) in [7, 11) is 0. The number of amides is 1. The number of oxime groups is 1. The predicted octanol–water partition coefficient (Wildman–Crippen LogP) is 5.11. The lowest BCUT2D eigenvalue weighted by molar-refractivity contribution is 0.0402. The molecule has 0 radical (unpaired) electrons. The number of carbonyl (C=O) groups is 1. The molecule has 1 heterocycles. The molecule has 0 bridgehead atoms. The number of hydrogen-bond donors (Lipinski definition) is 0. The van der Waals surface area contributed by atoms with E-state index < -0.39 is 17.5 Å². The summed E-state index contributed by atoms with van der Waals surface area (Å²) in [4.78, 5) is 20.2. The number of nitrogens with zero attached hydrogens (tertiary/aromatic N) is 2. The van der Waals surface area contributed by atoms with Gasteiger partial charge in [-0.1, -0.05) is 53.7 Å². The summed E-state index contributed by atoms with van der Waals surface area (Å²) in [6, 6.07) is 19.8. The highest BCUT2D eigenvalue weighted by Crippen LogP contribution is 2.22. The van der Waals surface area contributed by atoms with Crippen molar-refractivity contribution in [3.63, 3.8) is 0 Å². The number of aryl methyl sites for hydroxylation is 1. The molecule has 0 aromatic heterocycles.